The Labute approximate surface area is 121 Å². The summed E-state index contributed by atoms with van der Waals surface area (Å²) < 4.78 is 11.7. The molecule has 0 fully saturated rings. The van der Waals surface area contributed by atoms with Crippen molar-refractivity contribution in [3.8, 4) is 0 Å². The minimum absolute atomic E-state index is 0.325. The Kier molecular flexibility index (Phi) is 4.89. The second-order valence-electron chi connectivity index (χ2n) is 5.16. The van der Waals surface area contributed by atoms with Gasteiger partial charge >= 0.3 is 0 Å². The number of hydrogen-bond donors (Lipinski definition) is 0. The second kappa shape index (κ2) is 6.65. The zero-order chi connectivity index (χ0) is 14.5. The average molecular weight is 272 g/mol. The fourth-order valence-electron chi connectivity index (χ4n) is 2.51. The van der Waals surface area contributed by atoms with E-state index in [0.717, 1.165) is 42.3 Å². The lowest BCUT2D eigenvalue weighted by molar-refractivity contribution is 0.445. The third-order valence-electron chi connectivity index (χ3n) is 3.73. The number of aryl methyl sites for hydroxylation is 2. The molecule has 2 heteroatoms. The summed E-state index contributed by atoms with van der Waals surface area (Å²) in [5.74, 6) is 4.40. The summed E-state index contributed by atoms with van der Waals surface area (Å²) in [4.78, 5) is 0. The van der Waals surface area contributed by atoms with Gasteiger partial charge in [0.25, 0.3) is 0 Å². The third kappa shape index (κ3) is 3.24. The van der Waals surface area contributed by atoms with Crippen LogP contribution in [0.1, 0.15) is 63.1 Å². The summed E-state index contributed by atoms with van der Waals surface area (Å²) in [7, 11) is 0. The first-order valence-corrected chi connectivity index (χ1v) is 7.53. The van der Waals surface area contributed by atoms with E-state index in [-0.39, 0.29) is 0 Å². The molecule has 0 aliphatic carbocycles. The molecule has 0 radical (unpaired) electrons. The Morgan fingerprint density at radius 2 is 1.65 bits per heavy atom. The van der Waals surface area contributed by atoms with Gasteiger partial charge in [-0.1, -0.05) is 26.3 Å². The number of hydrogen-bond acceptors (Lipinski definition) is 2. The molecule has 0 aliphatic heterocycles. The molecule has 20 heavy (non-hydrogen) atoms. The van der Waals surface area contributed by atoms with Crippen LogP contribution >= 0.6 is 0 Å². The molecule has 0 spiro atoms. The summed E-state index contributed by atoms with van der Waals surface area (Å²) in [6, 6.07) is 8.26. The van der Waals surface area contributed by atoms with Crippen LogP contribution < -0.4 is 0 Å². The van der Waals surface area contributed by atoms with Gasteiger partial charge in [0, 0.05) is 18.8 Å². The van der Waals surface area contributed by atoms with Crippen molar-refractivity contribution in [3.05, 3.63) is 52.9 Å². The molecule has 108 valence electrons. The predicted molar refractivity (Wildman–Crippen MR) is 82.9 cm³/mol. The Morgan fingerprint density at radius 1 is 1.00 bits per heavy atom. The SMILES string of the molecule is CCc1ccc(/C=C(\C)C(CC)c2ccc(CC)o2)o1. The Morgan fingerprint density at radius 3 is 2.20 bits per heavy atom. The molecule has 1 atom stereocenters. The van der Waals surface area contributed by atoms with Crippen molar-refractivity contribution in [3.63, 3.8) is 0 Å². The van der Waals surface area contributed by atoms with Crippen LogP contribution in [0, 0.1) is 0 Å². The lowest BCUT2D eigenvalue weighted by Gasteiger charge is -2.12. The predicted octanol–water partition coefficient (Wildman–Crippen LogP) is 5.59. The van der Waals surface area contributed by atoms with Crippen LogP contribution in [0.5, 0.6) is 0 Å². The van der Waals surface area contributed by atoms with Gasteiger partial charge in [-0.3, -0.25) is 0 Å². The van der Waals surface area contributed by atoms with E-state index in [1.807, 2.05) is 12.1 Å². The molecule has 0 amide bonds. The van der Waals surface area contributed by atoms with Crippen LogP contribution in [-0.2, 0) is 12.8 Å². The first kappa shape index (κ1) is 14.7. The fourth-order valence-corrected chi connectivity index (χ4v) is 2.51. The van der Waals surface area contributed by atoms with Crippen LogP contribution in [0.15, 0.2) is 38.7 Å². The summed E-state index contributed by atoms with van der Waals surface area (Å²) in [5, 5.41) is 0. The van der Waals surface area contributed by atoms with E-state index in [9.17, 15) is 0 Å². The molecule has 1 unspecified atom stereocenters. The van der Waals surface area contributed by atoms with E-state index in [1.165, 1.54) is 5.57 Å². The van der Waals surface area contributed by atoms with E-state index in [1.54, 1.807) is 0 Å². The van der Waals surface area contributed by atoms with Crippen LogP contribution in [0.3, 0.4) is 0 Å². The molecule has 0 bridgehead atoms. The second-order valence-corrected chi connectivity index (χ2v) is 5.16. The van der Waals surface area contributed by atoms with E-state index in [0.29, 0.717) is 5.92 Å². The Bertz CT molecular complexity index is 572. The molecule has 0 saturated carbocycles. The number of allylic oxidation sites excluding steroid dienone is 1. The highest BCUT2D eigenvalue weighted by molar-refractivity contribution is 5.49. The lowest BCUT2D eigenvalue weighted by Crippen LogP contribution is -1.97. The van der Waals surface area contributed by atoms with E-state index in [2.05, 4.69) is 45.9 Å². The standard InChI is InChI=1S/C18H24O2/c1-5-14-8-9-16(19-14)12-13(4)17(7-3)18-11-10-15(6-2)20-18/h8-12,17H,5-7H2,1-4H3/b13-12+. The molecular weight excluding hydrogens is 248 g/mol. The number of rotatable bonds is 6. The van der Waals surface area contributed by atoms with Gasteiger partial charge in [0.1, 0.15) is 23.0 Å². The molecule has 0 saturated heterocycles. The smallest absolute Gasteiger partial charge is 0.127 e. The van der Waals surface area contributed by atoms with Crippen molar-refractivity contribution in [2.24, 2.45) is 0 Å². The first-order chi connectivity index (χ1) is 9.67. The molecule has 2 rings (SSSR count). The quantitative estimate of drug-likeness (QED) is 0.684. The molecule has 2 nitrogen and oxygen atoms in total. The highest BCUT2D eigenvalue weighted by Gasteiger charge is 2.16. The first-order valence-electron chi connectivity index (χ1n) is 7.53. The fraction of sp³-hybridized carbons (Fsp3) is 0.444. The lowest BCUT2D eigenvalue weighted by atomic mass is 9.94. The molecule has 2 aromatic heterocycles. The maximum Gasteiger partial charge on any atom is 0.127 e. The summed E-state index contributed by atoms with van der Waals surface area (Å²) >= 11 is 0. The van der Waals surface area contributed by atoms with Gasteiger partial charge in [0.2, 0.25) is 0 Å². The Hall–Kier alpha value is -1.70. The minimum Gasteiger partial charge on any atom is -0.465 e. The summed E-state index contributed by atoms with van der Waals surface area (Å²) in [6.45, 7) is 8.55. The maximum absolute atomic E-state index is 5.90. The molecular formula is C18H24O2. The van der Waals surface area contributed by atoms with E-state index < -0.39 is 0 Å². The zero-order valence-electron chi connectivity index (χ0n) is 12.9. The van der Waals surface area contributed by atoms with E-state index in [4.69, 9.17) is 8.83 Å². The van der Waals surface area contributed by atoms with Crippen molar-refractivity contribution in [2.45, 2.75) is 52.9 Å². The monoisotopic (exact) mass is 272 g/mol. The molecule has 0 N–H and O–H groups in total. The van der Waals surface area contributed by atoms with Crippen molar-refractivity contribution in [1.82, 2.24) is 0 Å². The van der Waals surface area contributed by atoms with Crippen LogP contribution in [0.2, 0.25) is 0 Å². The van der Waals surface area contributed by atoms with Crippen molar-refractivity contribution >= 4 is 6.08 Å². The van der Waals surface area contributed by atoms with Gasteiger partial charge in [0.15, 0.2) is 0 Å². The Balaban J connectivity index is 2.21. The average Bonchev–Trinajstić information content (AvgIpc) is 3.08. The van der Waals surface area contributed by atoms with E-state index >= 15 is 0 Å². The van der Waals surface area contributed by atoms with Crippen LogP contribution in [0.4, 0.5) is 0 Å². The third-order valence-corrected chi connectivity index (χ3v) is 3.73. The zero-order valence-corrected chi connectivity index (χ0v) is 12.9. The normalized spacial score (nSPS) is 13.7. The topological polar surface area (TPSA) is 26.3 Å². The van der Waals surface area contributed by atoms with Gasteiger partial charge in [-0.05, 0) is 43.7 Å². The molecule has 0 aromatic carbocycles. The van der Waals surface area contributed by atoms with Crippen molar-refractivity contribution < 1.29 is 8.83 Å². The largest absolute Gasteiger partial charge is 0.465 e. The maximum atomic E-state index is 5.90. The minimum atomic E-state index is 0.325. The number of furan rings is 2. The van der Waals surface area contributed by atoms with Crippen LogP contribution in [-0.4, -0.2) is 0 Å². The van der Waals surface area contributed by atoms with Gasteiger partial charge in [-0.2, -0.15) is 0 Å². The molecule has 2 heterocycles. The molecule has 2 aromatic rings. The highest BCUT2D eigenvalue weighted by Crippen LogP contribution is 2.30. The summed E-state index contributed by atoms with van der Waals surface area (Å²) in [5.41, 5.74) is 1.28. The molecule has 0 aliphatic rings. The highest BCUT2D eigenvalue weighted by atomic mass is 16.3. The van der Waals surface area contributed by atoms with Gasteiger partial charge in [-0.15, -0.1) is 0 Å². The summed E-state index contributed by atoms with van der Waals surface area (Å²) in [6.07, 6.45) is 5.03. The van der Waals surface area contributed by atoms with Gasteiger partial charge < -0.3 is 8.83 Å². The van der Waals surface area contributed by atoms with Gasteiger partial charge in [-0.25, -0.2) is 0 Å². The van der Waals surface area contributed by atoms with Crippen molar-refractivity contribution in [2.75, 3.05) is 0 Å². The van der Waals surface area contributed by atoms with Gasteiger partial charge in [0.05, 0.1) is 0 Å². The van der Waals surface area contributed by atoms with Crippen molar-refractivity contribution in [1.29, 1.82) is 0 Å². The van der Waals surface area contributed by atoms with Crippen LogP contribution in [0.25, 0.3) is 6.08 Å².